The Morgan fingerprint density at radius 2 is 1.70 bits per heavy atom. The van der Waals surface area contributed by atoms with Crippen molar-refractivity contribution in [1.29, 1.82) is 0 Å². The Kier molecular flexibility index (Phi) is 11.5. The molecule has 0 spiro atoms. The molecule has 3 nitrogen and oxygen atoms in total. The Bertz CT molecular complexity index is 306. The van der Waals surface area contributed by atoms with Crippen LogP contribution in [0.3, 0.4) is 0 Å². The molecule has 23 heavy (non-hydrogen) atoms. The lowest BCUT2D eigenvalue weighted by Gasteiger charge is -2.33. The van der Waals surface area contributed by atoms with Crippen LogP contribution in [-0.4, -0.2) is 42.7 Å². The van der Waals surface area contributed by atoms with Gasteiger partial charge in [0.2, 0.25) is 5.91 Å². The summed E-state index contributed by atoms with van der Waals surface area (Å²) in [5.74, 6) is 1.28. The molecule has 2 aliphatic rings. The normalized spacial score (nSPS) is 21.0. The number of nitrogens with one attached hydrogen (secondary N) is 1. The summed E-state index contributed by atoms with van der Waals surface area (Å²) < 4.78 is 13.7. The van der Waals surface area contributed by atoms with Crippen LogP contribution in [-0.2, 0) is 4.79 Å². The number of piperidine rings is 2. The quantitative estimate of drug-likeness (QED) is 0.813. The Labute approximate surface area is 143 Å². The second-order valence-electron chi connectivity index (χ2n) is 6.80. The zero-order valence-corrected chi connectivity index (χ0v) is 16.3. The van der Waals surface area contributed by atoms with Gasteiger partial charge in [0.25, 0.3) is 0 Å². The van der Waals surface area contributed by atoms with Crippen LogP contribution in [0.5, 0.6) is 0 Å². The van der Waals surface area contributed by atoms with Crippen molar-refractivity contribution in [3.05, 3.63) is 0 Å². The molecule has 2 saturated heterocycles. The van der Waals surface area contributed by atoms with Gasteiger partial charge in [-0.15, -0.1) is 0 Å². The minimum absolute atomic E-state index is 0.176. The molecule has 138 valence electrons. The number of carbonyl (C=O) groups excluding carboxylic acids is 1. The van der Waals surface area contributed by atoms with Crippen molar-refractivity contribution < 1.29 is 9.18 Å². The Hall–Kier alpha value is -0.640. The van der Waals surface area contributed by atoms with Crippen molar-refractivity contribution in [2.45, 2.75) is 79.3 Å². The van der Waals surface area contributed by atoms with Gasteiger partial charge in [-0.3, -0.25) is 4.79 Å². The molecule has 0 bridgehead atoms. The lowest BCUT2D eigenvalue weighted by molar-refractivity contribution is -0.130. The van der Waals surface area contributed by atoms with E-state index in [9.17, 15) is 9.18 Å². The van der Waals surface area contributed by atoms with Gasteiger partial charge < -0.3 is 10.2 Å². The smallest absolute Gasteiger partial charge is 0.219 e. The maximum Gasteiger partial charge on any atom is 0.219 e. The van der Waals surface area contributed by atoms with E-state index in [4.69, 9.17) is 0 Å². The highest BCUT2D eigenvalue weighted by atomic mass is 19.1. The zero-order chi connectivity index (χ0) is 17.9. The zero-order valence-electron chi connectivity index (χ0n) is 16.3. The molecule has 1 N–H and O–H groups in total. The SMILES string of the molecule is CC.CC(C)C1(F)CCNCC1.CCC1CCN(C(C)=O)CC1. The van der Waals surface area contributed by atoms with Gasteiger partial charge in [-0.1, -0.05) is 41.0 Å². The summed E-state index contributed by atoms with van der Waals surface area (Å²) in [7, 11) is 0. The molecule has 1 amide bonds. The summed E-state index contributed by atoms with van der Waals surface area (Å²) >= 11 is 0. The molecule has 2 aliphatic heterocycles. The number of alkyl halides is 1. The minimum atomic E-state index is -0.884. The van der Waals surface area contributed by atoms with Crippen LogP contribution < -0.4 is 5.32 Å². The van der Waals surface area contributed by atoms with E-state index >= 15 is 0 Å². The molecular weight excluding hydrogens is 291 g/mol. The number of hydrogen-bond donors (Lipinski definition) is 1. The summed E-state index contributed by atoms with van der Waals surface area (Å²) in [5, 5.41) is 3.15. The fourth-order valence-corrected chi connectivity index (χ4v) is 3.08. The van der Waals surface area contributed by atoms with E-state index in [0.717, 1.165) is 32.1 Å². The molecule has 0 saturated carbocycles. The van der Waals surface area contributed by atoms with Crippen LogP contribution in [0.2, 0.25) is 0 Å². The summed E-state index contributed by atoms with van der Waals surface area (Å²) in [6.45, 7) is 15.5. The first-order chi connectivity index (χ1) is 10.9. The number of rotatable bonds is 2. The van der Waals surface area contributed by atoms with Gasteiger partial charge in [0.1, 0.15) is 5.67 Å². The number of halogens is 1. The van der Waals surface area contributed by atoms with Gasteiger partial charge in [0.15, 0.2) is 0 Å². The van der Waals surface area contributed by atoms with E-state index < -0.39 is 5.67 Å². The highest BCUT2D eigenvalue weighted by molar-refractivity contribution is 5.73. The second-order valence-corrected chi connectivity index (χ2v) is 6.80. The predicted molar refractivity (Wildman–Crippen MR) is 97.4 cm³/mol. The van der Waals surface area contributed by atoms with Crippen molar-refractivity contribution in [3.63, 3.8) is 0 Å². The largest absolute Gasteiger partial charge is 0.343 e. The minimum Gasteiger partial charge on any atom is -0.343 e. The monoisotopic (exact) mass is 330 g/mol. The van der Waals surface area contributed by atoms with Crippen LogP contribution >= 0.6 is 0 Å². The standard InChI is InChI=1S/C9H17NO.C8H16FN.C2H6/c1-3-9-4-6-10(7-5-9)8(2)11;1-7(2)8(9)3-5-10-6-4-8;1-2/h9H,3-7H2,1-2H3;7,10H,3-6H2,1-2H3;1-2H3. The molecule has 2 heterocycles. The summed E-state index contributed by atoms with van der Waals surface area (Å²) in [5.41, 5.74) is -0.884. The summed E-state index contributed by atoms with van der Waals surface area (Å²) in [4.78, 5) is 12.9. The number of likely N-dealkylation sites (tertiary alicyclic amines) is 1. The maximum atomic E-state index is 13.7. The Morgan fingerprint density at radius 3 is 2.00 bits per heavy atom. The molecule has 2 fully saturated rings. The highest BCUT2D eigenvalue weighted by Gasteiger charge is 2.34. The van der Waals surface area contributed by atoms with E-state index in [0.29, 0.717) is 12.8 Å². The molecule has 0 aliphatic carbocycles. The van der Waals surface area contributed by atoms with Gasteiger partial charge in [-0.25, -0.2) is 4.39 Å². The van der Waals surface area contributed by atoms with Crippen LogP contribution in [0.4, 0.5) is 4.39 Å². The first-order valence-corrected chi connectivity index (χ1v) is 9.54. The lowest BCUT2D eigenvalue weighted by Crippen LogP contribution is -2.42. The van der Waals surface area contributed by atoms with Crippen LogP contribution in [0, 0.1) is 11.8 Å². The van der Waals surface area contributed by atoms with Crippen molar-refractivity contribution in [2.75, 3.05) is 26.2 Å². The van der Waals surface area contributed by atoms with Crippen LogP contribution in [0.25, 0.3) is 0 Å². The number of amides is 1. The van der Waals surface area contributed by atoms with Gasteiger partial charge >= 0.3 is 0 Å². The first kappa shape index (κ1) is 22.4. The average molecular weight is 331 g/mol. The topological polar surface area (TPSA) is 32.3 Å². The third-order valence-electron chi connectivity index (χ3n) is 5.11. The molecular formula is C19H39FN2O. The van der Waals surface area contributed by atoms with Gasteiger partial charge in [0.05, 0.1) is 0 Å². The van der Waals surface area contributed by atoms with Crippen molar-refractivity contribution in [1.82, 2.24) is 10.2 Å². The number of carbonyl (C=O) groups is 1. The van der Waals surface area contributed by atoms with Gasteiger partial charge in [-0.2, -0.15) is 0 Å². The fraction of sp³-hybridized carbons (Fsp3) is 0.947. The predicted octanol–water partition coefficient (Wildman–Crippen LogP) is 4.42. The molecule has 0 aromatic heterocycles. The molecule has 4 heteroatoms. The van der Waals surface area contributed by atoms with Crippen molar-refractivity contribution in [2.24, 2.45) is 11.8 Å². The number of hydrogen-bond acceptors (Lipinski definition) is 2. The summed E-state index contributed by atoms with van der Waals surface area (Å²) in [6.07, 6.45) is 5.05. The Balaban J connectivity index is 0.000000381. The molecule has 0 atom stereocenters. The molecule has 0 unspecified atom stereocenters. The lowest BCUT2D eigenvalue weighted by atomic mass is 9.84. The van der Waals surface area contributed by atoms with Crippen molar-refractivity contribution in [3.8, 4) is 0 Å². The maximum absolute atomic E-state index is 13.7. The van der Waals surface area contributed by atoms with E-state index in [1.807, 2.05) is 32.6 Å². The van der Waals surface area contributed by atoms with Gasteiger partial charge in [0, 0.05) is 20.0 Å². The Morgan fingerprint density at radius 1 is 1.22 bits per heavy atom. The average Bonchev–Trinajstić information content (AvgIpc) is 2.58. The third kappa shape index (κ3) is 8.14. The van der Waals surface area contributed by atoms with Crippen molar-refractivity contribution >= 4 is 5.91 Å². The van der Waals surface area contributed by atoms with E-state index in [1.165, 1.54) is 19.3 Å². The van der Waals surface area contributed by atoms with Gasteiger partial charge in [-0.05, 0) is 50.6 Å². The fourth-order valence-electron chi connectivity index (χ4n) is 3.08. The van der Waals surface area contributed by atoms with E-state index in [2.05, 4.69) is 12.2 Å². The molecule has 0 aromatic rings. The molecule has 0 radical (unpaired) electrons. The summed E-state index contributed by atoms with van der Waals surface area (Å²) in [6, 6.07) is 0. The van der Waals surface area contributed by atoms with Crippen LogP contribution in [0.1, 0.15) is 73.6 Å². The highest BCUT2D eigenvalue weighted by Crippen LogP contribution is 2.30. The van der Waals surface area contributed by atoms with E-state index in [1.54, 1.807) is 6.92 Å². The number of nitrogens with zero attached hydrogens (tertiary/aromatic N) is 1. The first-order valence-electron chi connectivity index (χ1n) is 9.54. The third-order valence-corrected chi connectivity index (χ3v) is 5.11. The second kappa shape index (κ2) is 11.8. The van der Waals surface area contributed by atoms with Crippen LogP contribution in [0.15, 0.2) is 0 Å². The molecule has 2 rings (SSSR count). The molecule has 0 aromatic carbocycles. The van der Waals surface area contributed by atoms with E-state index in [-0.39, 0.29) is 11.8 Å².